The summed E-state index contributed by atoms with van der Waals surface area (Å²) >= 11 is 0. The van der Waals surface area contributed by atoms with Crippen molar-refractivity contribution in [2.75, 3.05) is 18.0 Å². The minimum absolute atomic E-state index is 0.145. The Bertz CT molecular complexity index is 338. The first kappa shape index (κ1) is 10.5. The van der Waals surface area contributed by atoms with E-state index in [9.17, 15) is 5.11 Å². The average Bonchev–Trinajstić information content (AvgIpc) is 2.22. The Morgan fingerprint density at radius 1 is 1.53 bits per heavy atom. The monoisotopic (exact) mass is 206 g/mol. The molecular weight excluding hydrogens is 188 g/mol. The molecule has 15 heavy (non-hydrogen) atoms. The van der Waals surface area contributed by atoms with Crippen LogP contribution in [0.2, 0.25) is 0 Å². The molecule has 1 aromatic carbocycles. The molecule has 0 spiro atoms. The fourth-order valence-corrected chi connectivity index (χ4v) is 2.17. The second kappa shape index (κ2) is 4.21. The molecule has 3 nitrogen and oxygen atoms in total. The number of rotatable bonds is 2. The molecule has 0 aromatic heterocycles. The van der Waals surface area contributed by atoms with E-state index in [4.69, 9.17) is 5.73 Å². The molecule has 0 saturated carbocycles. The predicted molar refractivity (Wildman–Crippen MR) is 61.9 cm³/mol. The number of β-amino-alcohol motifs (C(OH)–C–C–N with tert-alkyl or cyclic N) is 1. The normalized spacial score (nSPS) is 22.3. The molecule has 3 N–H and O–H groups in total. The van der Waals surface area contributed by atoms with Crippen molar-refractivity contribution in [3.63, 3.8) is 0 Å². The zero-order valence-electron chi connectivity index (χ0n) is 9.06. The topological polar surface area (TPSA) is 49.5 Å². The largest absolute Gasteiger partial charge is 0.392 e. The molecule has 0 saturated heterocycles. The highest BCUT2D eigenvalue weighted by atomic mass is 16.3. The molecule has 2 atom stereocenters. The zero-order chi connectivity index (χ0) is 10.8. The van der Waals surface area contributed by atoms with Crippen LogP contribution in [0, 0.1) is 0 Å². The van der Waals surface area contributed by atoms with Crippen LogP contribution in [0.15, 0.2) is 24.3 Å². The Kier molecular flexibility index (Phi) is 2.93. The van der Waals surface area contributed by atoms with E-state index in [1.54, 1.807) is 0 Å². The number of fused-ring (bicyclic) bond motifs is 1. The lowest BCUT2D eigenvalue weighted by molar-refractivity contribution is 0.199. The number of para-hydroxylation sites is 1. The number of nitrogens with two attached hydrogens (primary N) is 1. The van der Waals surface area contributed by atoms with Gasteiger partial charge in [-0.25, -0.2) is 0 Å². The lowest BCUT2D eigenvalue weighted by Gasteiger charge is -2.35. The summed E-state index contributed by atoms with van der Waals surface area (Å²) < 4.78 is 0. The van der Waals surface area contributed by atoms with Gasteiger partial charge in [0, 0.05) is 24.8 Å². The van der Waals surface area contributed by atoms with Gasteiger partial charge in [0.25, 0.3) is 0 Å². The molecule has 1 heterocycles. The maximum Gasteiger partial charge on any atom is 0.0687 e. The molecule has 0 bridgehead atoms. The van der Waals surface area contributed by atoms with Gasteiger partial charge < -0.3 is 15.7 Å². The Morgan fingerprint density at radius 2 is 2.27 bits per heavy atom. The van der Waals surface area contributed by atoms with E-state index >= 15 is 0 Å². The van der Waals surface area contributed by atoms with E-state index in [0.717, 1.165) is 13.0 Å². The van der Waals surface area contributed by atoms with E-state index in [0.29, 0.717) is 6.54 Å². The third-order valence-corrected chi connectivity index (χ3v) is 2.87. The standard InChI is InChI=1S/C12H18N2O/c1-9(15)8-14-7-6-11(13)10-4-2-3-5-12(10)14/h2-5,9,11,15H,6-8,13H2,1H3. The van der Waals surface area contributed by atoms with Crippen molar-refractivity contribution in [3.05, 3.63) is 29.8 Å². The van der Waals surface area contributed by atoms with Gasteiger partial charge in [0.05, 0.1) is 6.10 Å². The molecule has 1 aromatic rings. The van der Waals surface area contributed by atoms with Crippen LogP contribution in [0.4, 0.5) is 5.69 Å². The molecular formula is C12H18N2O. The third-order valence-electron chi connectivity index (χ3n) is 2.87. The van der Waals surface area contributed by atoms with Crippen molar-refractivity contribution in [1.82, 2.24) is 0 Å². The van der Waals surface area contributed by atoms with Crippen LogP contribution in [0.3, 0.4) is 0 Å². The van der Waals surface area contributed by atoms with Crippen molar-refractivity contribution >= 4 is 5.69 Å². The predicted octanol–water partition coefficient (Wildman–Crippen LogP) is 1.28. The minimum Gasteiger partial charge on any atom is -0.392 e. The molecule has 3 heteroatoms. The number of anilines is 1. The molecule has 82 valence electrons. The van der Waals surface area contributed by atoms with Crippen LogP contribution in [-0.4, -0.2) is 24.3 Å². The van der Waals surface area contributed by atoms with Gasteiger partial charge in [-0.1, -0.05) is 18.2 Å². The zero-order valence-corrected chi connectivity index (χ0v) is 9.06. The Labute approximate surface area is 90.5 Å². The average molecular weight is 206 g/mol. The minimum atomic E-state index is -0.299. The first-order valence-corrected chi connectivity index (χ1v) is 5.46. The number of hydrogen-bond acceptors (Lipinski definition) is 3. The fourth-order valence-electron chi connectivity index (χ4n) is 2.17. The Morgan fingerprint density at radius 3 is 3.00 bits per heavy atom. The second-order valence-electron chi connectivity index (χ2n) is 4.25. The summed E-state index contributed by atoms with van der Waals surface area (Å²) in [5.74, 6) is 0. The quantitative estimate of drug-likeness (QED) is 0.766. The number of aliphatic hydroxyl groups is 1. The van der Waals surface area contributed by atoms with Crippen LogP contribution < -0.4 is 10.6 Å². The maximum absolute atomic E-state index is 9.42. The Balaban J connectivity index is 2.28. The molecule has 1 aliphatic heterocycles. The highest BCUT2D eigenvalue weighted by Gasteiger charge is 2.22. The van der Waals surface area contributed by atoms with Gasteiger partial charge in [-0.2, -0.15) is 0 Å². The number of aliphatic hydroxyl groups excluding tert-OH is 1. The molecule has 0 aliphatic carbocycles. The first-order valence-electron chi connectivity index (χ1n) is 5.46. The molecule has 0 amide bonds. The van der Waals surface area contributed by atoms with Gasteiger partial charge in [-0.15, -0.1) is 0 Å². The molecule has 2 unspecified atom stereocenters. The van der Waals surface area contributed by atoms with Crippen LogP contribution >= 0.6 is 0 Å². The van der Waals surface area contributed by atoms with Gasteiger partial charge in [0.15, 0.2) is 0 Å². The summed E-state index contributed by atoms with van der Waals surface area (Å²) in [5.41, 5.74) is 8.43. The SMILES string of the molecule is CC(O)CN1CCC(N)c2ccccc21. The van der Waals surface area contributed by atoms with Crippen molar-refractivity contribution in [3.8, 4) is 0 Å². The van der Waals surface area contributed by atoms with E-state index in [2.05, 4.69) is 17.0 Å². The number of nitrogens with zero attached hydrogens (tertiary/aromatic N) is 1. The summed E-state index contributed by atoms with van der Waals surface area (Å²) in [7, 11) is 0. The first-order chi connectivity index (χ1) is 7.18. The number of benzene rings is 1. The molecule has 0 fully saturated rings. The van der Waals surface area contributed by atoms with Gasteiger partial charge in [0.2, 0.25) is 0 Å². The van der Waals surface area contributed by atoms with Gasteiger partial charge >= 0.3 is 0 Å². The summed E-state index contributed by atoms with van der Waals surface area (Å²) in [6, 6.07) is 8.34. The maximum atomic E-state index is 9.42. The summed E-state index contributed by atoms with van der Waals surface area (Å²) in [6.45, 7) is 3.43. The van der Waals surface area contributed by atoms with Crippen molar-refractivity contribution < 1.29 is 5.11 Å². The molecule has 2 rings (SSSR count). The van der Waals surface area contributed by atoms with E-state index in [1.165, 1.54) is 11.3 Å². The van der Waals surface area contributed by atoms with Crippen molar-refractivity contribution in [1.29, 1.82) is 0 Å². The molecule has 0 radical (unpaired) electrons. The van der Waals surface area contributed by atoms with E-state index < -0.39 is 0 Å². The van der Waals surface area contributed by atoms with Crippen LogP contribution in [0.5, 0.6) is 0 Å². The van der Waals surface area contributed by atoms with Crippen LogP contribution in [0.1, 0.15) is 24.9 Å². The van der Waals surface area contributed by atoms with Crippen molar-refractivity contribution in [2.45, 2.75) is 25.5 Å². The van der Waals surface area contributed by atoms with Gasteiger partial charge in [-0.3, -0.25) is 0 Å². The van der Waals surface area contributed by atoms with Crippen molar-refractivity contribution in [2.24, 2.45) is 5.73 Å². The fraction of sp³-hybridized carbons (Fsp3) is 0.500. The van der Waals surface area contributed by atoms with E-state index in [-0.39, 0.29) is 12.1 Å². The van der Waals surface area contributed by atoms with Gasteiger partial charge in [-0.05, 0) is 25.0 Å². The third kappa shape index (κ3) is 2.13. The summed E-state index contributed by atoms with van der Waals surface area (Å²) in [4.78, 5) is 2.21. The molecule has 1 aliphatic rings. The summed E-state index contributed by atoms with van der Waals surface area (Å²) in [6.07, 6.45) is 0.663. The smallest absolute Gasteiger partial charge is 0.0687 e. The van der Waals surface area contributed by atoms with Gasteiger partial charge in [0.1, 0.15) is 0 Å². The second-order valence-corrected chi connectivity index (χ2v) is 4.25. The number of hydrogen-bond donors (Lipinski definition) is 2. The summed E-state index contributed by atoms with van der Waals surface area (Å²) in [5, 5.41) is 9.42. The van der Waals surface area contributed by atoms with Crippen LogP contribution in [-0.2, 0) is 0 Å². The lowest BCUT2D eigenvalue weighted by atomic mass is 9.97. The Hall–Kier alpha value is -1.06. The highest BCUT2D eigenvalue weighted by molar-refractivity contribution is 5.56. The van der Waals surface area contributed by atoms with E-state index in [1.807, 2.05) is 19.1 Å². The lowest BCUT2D eigenvalue weighted by Crippen LogP contribution is -2.37. The highest BCUT2D eigenvalue weighted by Crippen LogP contribution is 2.31. The van der Waals surface area contributed by atoms with Crippen LogP contribution in [0.25, 0.3) is 0 Å².